The highest BCUT2D eigenvalue weighted by molar-refractivity contribution is 7.12. The summed E-state index contributed by atoms with van der Waals surface area (Å²) >= 11 is 7.36. The highest BCUT2D eigenvalue weighted by Crippen LogP contribution is 2.35. The van der Waals surface area contributed by atoms with Crippen molar-refractivity contribution in [3.8, 4) is 5.06 Å². The molecule has 0 saturated carbocycles. The van der Waals surface area contributed by atoms with Gasteiger partial charge in [-0.25, -0.2) is 9.97 Å². The molecule has 1 saturated heterocycles. The lowest BCUT2D eigenvalue weighted by atomic mass is 10.1. The number of nitrogens with two attached hydrogens (primary N) is 1. The van der Waals surface area contributed by atoms with Crippen molar-refractivity contribution in [2.45, 2.75) is 32.4 Å². The summed E-state index contributed by atoms with van der Waals surface area (Å²) in [4.78, 5) is 49.5. The van der Waals surface area contributed by atoms with E-state index in [1.54, 1.807) is 15.2 Å². The number of piperazine rings is 1. The van der Waals surface area contributed by atoms with Crippen LogP contribution >= 0.6 is 22.9 Å². The molecular weight excluding hydrogens is 506 g/mol. The summed E-state index contributed by atoms with van der Waals surface area (Å²) in [6, 6.07) is 5.06. The second-order valence-electron chi connectivity index (χ2n) is 8.27. The van der Waals surface area contributed by atoms with Gasteiger partial charge in [0.15, 0.2) is 11.7 Å². The molecule has 2 amide bonds. The van der Waals surface area contributed by atoms with Crippen molar-refractivity contribution in [2.75, 3.05) is 32.5 Å². The molecule has 10 nitrogen and oxygen atoms in total. The Kier molecular flexibility index (Phi) is 7.90. The van der Waals surface area contributed by atoms with Gasteiger partial charge in [-0.3, -0.25) is 14.4 Å². The highest BCUT2D eigenvalue weighted by Gasteiger charge is 2.36. The molecule has 12 heteroatoms. The summed E-state index contributed by atoms with van der Waals surface area (Å²) < 4.78 is 10.4. The van der Waals surface area contributed by atoms with Gasteiger partial charge in [0.1, 0.15) is 18.2 Å². The zero-order chi connectivity index (χ0) is 25.8. The van der Waals surface area contributed by atoms with Gasteiger partial charge < -0.3 is 25.0 Å². The van der Waals surface area contributed by atoms with Crippen LogP contribution in [-0.2, 0) is 32.1 Å². The lowest BCUT2D eigenvalue weighted by Crippen LogP contribution is -2.59. The molecule has 1 aromatic carbocycles. The zero-order valence-electron chi connectivity index (χ0n) is 19.9. The van der Waals surface area contributed by atoms with E-state index in [2.05, 4.69) is 9.97 Å². The average Bonchev–Trinajstić information content (AvgIpc) is 3.22. The van der Waals surface area contributed by atoms with Gasteiger partial charge in [0.25, 0.3) is 5.91 Å². The maximum Gasteiger partial charge on any atom is 0.310 e. The van der Waals surface area contributed by atoms with Gasteiger partial charge >= 0.3 is 5.97 Å². The molecule has 0 spiro atoms. The van der Waals surface area contributed by atoms with Crippen molar-refractivity contribution >= 4 is 57.4 Å². The van der Waals surface area contributed by atoms with Gasteiger partial charge in [0.05, 0.1) is 24.1 Å². The van der Waals surface area contributed by atoms with E-state index in [-0.39, 0.29) is 24.8 Å². The smallest absolute Gasteiger partial charge is 0.310 e. The number of carbonyl (C=O) groups excluding carboxylic acids is 3. The van der Waals surface area contributed by atoms with Crippen LogP contribution in [0.2, 0.25) is 5.02 Å². The van der Waals surface area contributed by atoms with Crippen molar-refractivity contribution < 1.29 is 23.9 Å². The normalized spacial score (nSPS) is 15.9. The number of carbonyl (C=O) groups is 3. The molecule has 0 unspecified atom stereocenters. The van der Waals surface area contributed by atoms with Crippen LogP contribution < -0.4 is 10.5 Å². The summed E-state index contributed by atoms with van der Waals surface area (Å²) in [6.07, 6.45) is 1.83. The molecule has 190 valence electrons. The third kappa shape index (κ3) is 5.36. The van der Waals surface area contributed by atoms with E-state index in [0.717, 1.165) is 10.9 Å². The number of nitrogens with zero attached hydrogens (tertiary/aromatic N) is 4. The molecule has 1 atom stereocenters. The number of rotatable bonds is 8. The molecule has 3 heterocycles. The molecule has 2 N–H and O–H groups in total. The van der Waals surface area contributed by atoms with Gasteiger partial charge in [0, 0.05) is 36.0 Å². The first-order chi connectivity index (χ1) is 17.3. The van der Waals surface area contributed by atoms with Gasteiger partial charge in [-0.15, -0.1) is 11.3 Å². The molecule has 36 heavy (non-hydrogen) atoms. The number of halogens is 1. The van der Waals surface area contributed by atoms with Gasteiger partial charge in [-0.2, -0.15) is 0 Å². The number of esters is 1. The van der Waals surface area contributed by atoms with Crippen LogP contribution in [0, 0.1) is 0 Å². The maximum atomic E-state index is 13.3. The monoisotopic (exact) mass is 531 g/mol. The number of methoxy groups -OCH3 is 1. The Morgan fingerprint density at radius 2 is 2.08 bits per heavy atom. The largest absolute Gasteiger partial charge is 0.474 e. The standard InChI is InChI=1S/C24H26ClN5O5S/c1-3-19-23(33)29(10-14-4-5-15-18(8-14)27-13-28-22(15)26)6-7-30(19)20(31)11-35-24-16(9-21(32)34-2)17(25)12-36-24/h4-5,8,12-13,19H,3,6-7,9-11H2,1-2H3,(H2,26,27,28)/t19-/m0/s1. The van der Waals surface area contributed by atoms with Crippen LogP contribution in [0.25, 0.3) is 10.9 Å². The topological polar surface area (TPSA) is 128 Å². The van der Waals surface area contributed by atoms with E-state index in [9.17, 15) is 14.4 Å². The van der Waals surface area contributed by atoms with Crippen LogP contribution in [-0.4, -0.2) is 70.4 Å². The molecule has 0 radical (unpaired) electrons. The highest BCUT2D eigenvalue weighted by atomic mass is 35.5. The Bertz CT molecular complexity index is 1300. The van der Waals surface area contributed by atoms with Crippen molar-refractivity contribution in [1.82, 2.24) is 19.8 Å². The van der Waals surface area contributed by atoms with E-state index >= 15 is 0 Å². The fourth-order valence-electron chi connectivity index (χ4n) is 4.18. The molecule has 4 rings (SSSR count). The fraction of sp³-hybridized carbons (Fsp3) is 0.375. The predicted molar refractivity (Wildman–Crippen MR) is 136 cm³/mol. The number of thiophene rings is 1. The van der Waals surface area contributed by atoms with Crippen molar-refractivity contribution in [1.29, 1.82) is 0 Å². The summed E-state index contributed by atoms with van der Waals surface area (Å²) in [5.41, 5.74) is 8.01. The number of nitrogen functional groups attached to an aromatic ring is 1. The van der Waals surface area contributed by atoms with E-state index < -0.39 is 12.0 Å². The first kappa shape index (κ1) is 25.6. The van der Waals surface area contributed by atoms with E-state index in [1.807, 2.05) is 25.1 Å². The number of anilines is 1. The predicted octanol–water partition coefficient (Wildman–Crippen LogP) is 2.67. The Hall–Kier alpha value is -3.44. The van der Waals surface area contributed by atoms with Gasteiger partial charge in [-0.1, -0.05) is 24.6 Å². The van der Waals surface area contributed by atoms with Crippen LogP contribution in [0.4, 0.5) is 5.82 Å². The Morgan fingerprint density at radius 3 is 2.83 bits per heavy atom. The van der Waals surface area contributed by atoms with Crippen LogP contribution in [0.3, 0.4) is 0 Å². The number of ether oxygens (including phenoxy) is 2. The van der Waals surface area contributed by atoms with Gasteiger partial charge in [-0.05, 0) is 24.1 Å². The minimum Gasteiger partial charge on any atom is -0.474 e. The van der Waals surface area contributed by atoms with Gasteiger partial charge in [0.2, 0.25) is 5.91 Å². The first-order valence-corrected chi connectivity index (χ1v) is 12.6. The van der Waals surface area contributed by atoms with E-state index in [4.69, 9.17) is 26.8 Å². The summed E-state index contributed by atoms with van der Waals surface area (Å²) in [6.45, 7) is 2.79. The molecule has 1 aliphatic heterocycles. The molecule has 0 bridgehead atoms. The van der Waals surface area contributed by atoms with E-state index in [0.29, 0.717) is 53.0 Å². The Morgan fingerprint density at radius 1 is 1.28 bits per heavy atom. The minimum atomic E-state index is -0.588. The van der Waals surface area contributed by atoms with Crippen LogP contribution in [0.1, 0.15) is 24.5 Å². The number of benzene rings is 1. The van der Waals surface area contributed by atoms with E-state index in [1.165, 1.54) is 24.8 Å². The first-order valence-electron chi connectivity index (χ1n) is 11.3. The molecule has 1 aliphatic rings. The number of fused-ring (bicyclic) bond motifs is 1. The Labute approximate surface area is 216 Å². The maximum absolute atomic E-state index is 13.3. The van der Waals surface area contributed by atoms with Crippen LogP contribution in [0.5, 0.6) is 5.06 Å². The lowest BCUT2D eigenvalue weighted by molar-refractivity contribution is -0.153. The number of amides is 2. The molecular formula is C24H26ClN5O5S. The third-order valence-corrected chi connectivity index (χ3v) is 7.47. The number of aromatic nitrogens is 2. The summed E-state index contributed by atoms with van der Waals surface area (Å²) in [7, 11) is 1.29. The molecule has 2 aromatic heterocycles. The van der Waals surface area contributed by atoms with Crippen molar-refractivity contribution in [3.63, 3.8) is 0 Å². The quantitative estimate of drug-likeness (QED) is 0.439. The summed E-state index contributed by atoms with van der Waals surface area (Å²) in [5, 5.41) is 3.17. The third-order valence-electron chi connectivity index (χ3n) is 6.08. The summed E-state index contributed by atoms with van der Waals surface area (Å²) in [5.74, 6) is -0.474. The SMILES string of the molecule is CC[C@H]1C(=O)N(Cc2ccc3c(N)ncnc3c2)CCN1C(=O)COc1scc(Cl)c1CC(=O)OC. The van der Waals surface area contributed by atoms with Crippen molar-refractivity contribution in [3.05, 3.63) is 46.1 Å². The second-order valence-corrected chi connectivity index (χ2v) is 9.52. The molecule has 1 fully saturated rings. The molecule has 3 aromatic rings. The zero-order valence-corrected chi connectivity index (χ0v) is 21.5. The Balaban J connectivity index is 1.40. The number of hydrogen-bond donors (Lipinski definition) is 1. The molecule has 0 aliphatic carbocycles. The van der Waals surface area contributed by atoms with Crippen LogP contribution in [0.15, 0.2) is 29.9 Å². The lowest BCUT2D eigenvalue weighted by Gasteiger charge is -2.40. The fourth-order valence-corrected chi connectivity index (χ4v) is 5.33. The average molecular weight is 532 g/mol. The minimum absolute atomic E-state index is 0.0511. The number of hydrogen-bond acceptors (Lipinski definition) is 9. The second kappa shape index (κ2) is 11.1. The van der Waals surface area contributed by atoms with Crippen molar-refractivity contribution in [2.24, 2.45) is 0 Å².